The molecule has 1 atom stereocenters. The average molecular weight is 370 g/mol. The van der Waals surface area contributed by atoms with Gasteiger partial charge in [-0.25, -0.2) is 4.98 Å². The van der Waals surface area contributed by atoms with Crippen LogP contribution in [0.1, 0.15) is 28.7 Å². The van der Waals surface area contributed by atoms with E-state index in [2.05, 4.69) is 10.3 Å². The van der Waals surface area contributed by atoms with Crippen LogP contribution in [0, 0.1) is 0 Å². The summed E-state index contributed by atoms with van der Waals surface area (Å²) in [4.78, 5) is 16.6. The minimum Gasteiger partial charge on any atom is -0.493 e. The van der Waals surface area contributed by atoms with Crippen LogP contribution < -0.4 is 14.8 Å². The van der Waals surface area contributed by atoms with Gasteiger partial charge in [0.25, 0.3) is 5.91 Å². The predicted molar refractivity (Wildman–Crippen MR) is 100 cm³/mol. The van der Waals surface area contributed by atoms with E-state index in [9.17, 15) is 4.79 Å². The molecular formula is C20H22N2O5. The van der Waals surface area contributed by atoms with Crippen molar-refractivity contribution in [2.75, 3.05) is 20.8 Å². The highest BCUT2D eigenvalue weighted by Crippen LogP contribution is 2.29. The number of benzene rings is 2. The van der Waals surface area contributed by atoms with Crippen LogP contribution in [0.3, 0.4) is 0 Å². The number of hydrogen-bond donors (Lipinski definition) is 2. The second-order valence-electron chi connectivity index (χ2n) is 6.21. The van der Waals surface area contributed by atoms with Gasteiger partial charge in [0.1, 0.15) is 5.52 Å². The fourth-order valence-electron chi connectivity index (χ4n) is 2.71. The Morgan fingerprint density at radius 3 is 2.67 bits per heavy atom. The van der Waals surface area contributed by atoms with Gasteiger partial charge in [-0.05, 0) is 42.8 Å². The van der Waals surface area contributed by atoms with Gasteiger partial charge in [0.15, 0.2) is 23.0 Å². The molecule has 7 heteroatoms. The summed E-state index contributed by atoms with van der Waals surface area (Å²) >= 11 is 0. The van der Waals surface area contributed by atoms with Gasteiger partial charge < -0.3 is 24.3 Å². The van der Waals surface area contributed by atoms with Gasteiger partial charge in [-0.2, -0.15) is 0 Å². The Kier molecular flexibility index (Phi) is 5.61. The average Bonchev–Trinajstić information content (AvgIpc) is 3.08. The first-order chi connectivity index (χ1) is 13.0. The number of carbonyl (C=O) groups is 1. The third-order valence-electron chi connectivity index (χ3n) is 4.15. The fourth-order valence-corrected chi connectivity index (χ4v) is 2.71. The number of nitrogens with one attached hydrogen (secondary N) is 1. The number of fused-ring (bicyclic) bond motifs is 1. The topological polar surface area (TPSA) is 93.8 Å². The molecule has 27 heavy (non-hydrogen) atoms. The van der Waals surface area contributed by atoms with Crippen LogP contribution in [-0.2, 0) is 6.42 Å². The Morgan fingerprint density at radius 2 is 1.96 bits per heavy atom. The monoisotopic (exact) mass is 370 g/mol. The summed E-state index contributed by atoms with van der Waals surface area (Å²) in [5.41, 5.74) is 2.64. The fraction of sp³-hybridized carbons (Fsp3) is 0.300. The quantitative estimate of drug-likeness (QED) is 0.664. The first kappa shape index (κ1) is 18.7. The summed E-state index contributed by atoms with van der Waals surface area (Å²) in [6.45, 7) is 1.61. The van der Waals surface area contributed by atoms with Crippen molar-refractivity contribution in [2.45, 2.75) is 19.4 Å². The normalized spacial score (nSPS) is 12.0. The Labute approximate surface area is 156 Å². The molecule has 0 bridgehead atoms. The minimum absolute atomic E-state index is 0.119. The summed E-state index contributed by atoms with van der Waals surface area (Å²) < 4.78 is 16.4. The van der Waals surface area contributed by atoms with Crippen LogP contribution in [0.25, 0.3) is 11.1 Å². The number of methoxy groups -OCH3 is 2. The van der Waals surface area contributed by atoms with Gasteiger partial charge in [0.2, 0.25) is 0 Å². The van der Waals surface area contributed by atoms with E-state index in [1.807, 2.05) is 18.2 Å². The molecule has 142 valence electrons. The molecule has 0 aliphatic carbocycles. The maximum Gasteiger partial charge on any atom is 0.251 e. The molecule has 0 spiro atoms. The van der Waals surface area contributed by atoms with Crippen molar-refractivity contribution >= 4 is 17.0 Å². The lowest BCUT2D eigenvalue weighted by molar-refractivity contribution is 0.0922. The molecule has 0 saturated heterocycles. The molecule has 1 aromatic heterocycles. The lowest BCUT2D eigenvalue weighted by atomic mass is 10.1. The molecular weight excluding hydrogens is 348 g/mol. The molecule has 1 heterocycles. The van der Waals surface area contributed by atoms with Crippen LogP contribution in [0.15, 0.2) is 40.8 Å². The first-order valence-corrected chi connectivity index (χ1v) is 8.56. The van der Waals surface area contributed by atoms with Gasteiger partial charge in [-0.1, -0.05) is 6.07 Å². The molecule has 3 aromatic rings. The predicted octanol–water partition coefficient (Wildman–Crippen LogP) is 2.55. The summed E-state index contributed by atoms with van der Waals surface area (Å²) in [5.74, 6) is 1.57. The third-order valence-corrected chi connectivity index (χ3v) is 4.15. The minimum atomic E-state index is -0.316. The van der Waals surface area contributed by atoms with Gasteiger partial charge in [-0.15, -0.1) is 0 Å². The van der Waals surface area contributed by atoms with E-state index in [-0.39, 0.29) is 18.6 Å². The number of nitrogens with zero attached hydrogens (tertiary/aromatic N) is 1. The molecule has 0 fully saturated rings. The summed E-state index contributed by atoms with van der Waals surface area (Å²) in [5, 5.41) is 11.8. The second-order valence-corrected chi connectivity index (χ2v) is 6.21. The maximum atomic E-state index is 12.2. The smallest absolute Gasteiger partial charge is 0.251 e. The Bertz CT molecular complexity index is 951. The van der Waals surface area contributed by atoms with Gasteiger partial charge in [-0.3, -0.25) is 4.79 Å². The Balaban J connectivity index is 1.81. The first-order valence-electron chi connectivity index (χ1n) is 8.56. The summed E-state index contributed by atoms with van der Waals surface area (Å²) in [6.07, 6.45) is 0.484. The molecule has 7 nitrogen and oxygen atoms in total. The van der Waals surface area contributed by atoms with E-state index in [0.717, 1.165) is 5.56 Å². The highest BCUT2D eigenvalue weighted by Gasteiger charge is 2.13. The van der Waals surface area contributed by atoms with Gasteiger partial charge in [0.05, 0.1) is 20.8 Å². The van der Waals surface area contributed by atoms with Crippen LogP contribution in [-0.4, -0.2) is 42.9 Å². The van der Waals surface area contributed by atoms with Crippen molar-refractivity contribution < 1.29 is 23.8 Å². The van der Waals surface area contributed by atoms with Crippen molar-refractivity contribution in [1.82, 2.24) is 10.3 Å². The Morgan fingerprint density at radius 1 is 1.19 bits per heavy atom. The lowest BCUT2D eigenvalue weighted by Crippen LogP contribution is -2.34. The van der Waals surface area contributed by atoms with Crippen molar-refractivity contribution in [3.8, 4) is 11.5 Å². The number of rotatable bonds is 7. The molecule has 0 radical (unpaired) electrons. The number of ether oxygens (including phenoxy) is 2. The molecule has 0 unspecified atom stereocenters. The number of carbonyl (C=O) groups excluding carboxylic acids is 1. The summed E-state index contributed by atoms with van der Waals surface area (Å²) in [7, 11) is 3.18. The lowest BCUT2D eigenvalue weighted by Gasteiger charge is -2.10. The number of hydrogen-bond acceptors (Lipinski definition) is 6. The largest absolute Gasteiger partial charge is 0.493 e. The van der Waals surface area contributed by atoms with Crippen LogP contribution in [0.2, 0.25) is 0 Å². The van der Waals surface area contributed by atoms with E-state index < -0.39 is 0 Å². The van der Waals surface area contributed by atoms with Crippen LogP contribution in [0.5, 0.6) is 11.5 Å². The highest BCUT2D eigenvalue weighted by molar-refractivity contribution is 5.97. The zero-order valence-electron chi connectivity index (χ0n) is 15.5. The molecule has 0 aliphatic rings. The highest BCUT2D eigenvalue weighted by atomic mass is 16.5. The zero-order chi connectivity index (χ0) is 19.4. The molecule has 0 saturated carbocycles. The number of aliphatic hydroxyl groups excluding tert-OH is 1. The van der Waals surface area contributed by atoms with E-state index in [1.54, 1.807) is 39.3 Å². The van der Waals surface area contributed by atoms with Crippen molar-refractivity contribution in [3.63, 3.8) is 0 Å². The number of aromatic nitrogens is 1. The second kappa shape index (κ2) is 8.09. The van der Waals surface area contributed by atoms with E-state index >= 15 is 0 Å². The molecule has 0 aliphatic heterocycles. The molecule has 2 N–H and O–H groups in total. The molecule has 1 amide bonds. The molecule has 2 aromatic carbocycles. The standard InChI is InChI=1S/C20H22N2O5/c1-12(11-23)21-20(24)14-5-6-15-17(10-14)27-19(22-15)9-13-4-7-16(25-2)18(8-13)26-3/h4-8,10,12,23H,9,11H2,1-3H3,(H,21,24)/t12-/m1/s1. The van der Waals surface area contributed by atoms with Gasteiger partial charge in [0, 0.05) is 18.0 Å². The van der Waals surface area contributed by atoms with Crippen molar-refractivity contribution in [1.29, 1.82) is 0 Å². The Hall–Kier alpha value is -3.06. The van der Waals surface area contributed by atoms with E-state index in [4.69, 9.17) is 19.0 Å². The summed E-state index contributed by atoms with van der Waals surface area (Å²) in [6, 6.07) is 10.4. The maximum absolute atomic E-state index is 12.2. The molecule has 3 rings (SSSR count). The van der Waals surface area contributed by atoms with Crippen LogP contribution >= 0.6 is 0 Å². The zero-order valence-corrected chi connectivity index (χ0v) is 15.5. The third kappa shape index (κ3) is 4.20. The number of oxazole rings is 1. The van der Waals surface area contributed by atoms with Crippen molar-refractivity contribution in [2.24, 2.45) is 0 Å². The number of aliphatic hydroxyl groups is 1. The van der Waals surface area contributed by atoms with E-state index in [1.165, 1.54) is 0 Å². The van der Waals surface area contributed by atoms with Gasteiger partial charge >= 0.3 is 0 Å². The van der Waals surface area contributed by atoms with E-state index in [0.29, 0.717) is 40.5 Å². The van der Waals surface area contributed by atoms with Crippen molar-refractivity contribution in [3.05, 3.63) is 53.4 Å². The number of amides is 1. The van der Waals surface area contributed by atoms with Crippen LogP contribution in [0.4, 0.5) is 0 Å². The SMILES string of the molecule is COc1ccc(Cc2nc3ccc(C(=O)N[C@H](C)CO)cc3o2)cc1OC.